The average Bonchev–Trinajstić information content (AvgIpc) is 2.45. The Morgan fingerprint density at radius 2 is 2.22 bits per heavy atom. The first kappa shape index (κ1) is 13.0. The molecule has 0 saturated carbocycles. The molecule has 1 aromatic rings. The summed E-state index contributed by atoms with van der Waals surface area (Å²) < 4.78 is 0. The maximum Gasteiger partial charge on any atom is 0.223 e. The molecular weight excluding hydrogens is 226 g/mol. The Bertz CT molecular complexity index is 361. The molecule has 2 N–H and O–H groups in total. The van der Waals surface area contributed by atoms with Gasteiger partial charge in [-0.3, -0.25) is 9.78 Å². The van der Waals surface area contributed by atoms with Gasteiger partial charge < -0.3 is 10.6 Å². The van der Waals surface area contributed by atoms with Crippen LogP contribution < -0.4 is 10.6 Å². The van der Waals surface area contributed by atoms with Gasteiger partial charge in [0, 0.05) is 24.4 Å². The first-order valence-electron chi connectivity index (χ1n) is 6.74. The molecule has 1 aromatic heterocycles. The minimum atomic E-state index is 0.209. The summed E-state index contributed by atoms with van der Waals surface area (Å²) in [4.78, 5) is 16.1. The van der Waals surface area contributed by atoms with Crippen LogP contribution in [0.3, 0.4) is 0 Å². The summed E-state index contributed by atoms with van der Waals surface area (Å²) in [5.41, 5.74) is 1.09. The molecule has 0 spiro atoms. The Balaban J connectivity index is 1.61. The lowest BCUT2D eigenvalue weighted by Gasteiger charge is -2.21. The third-order valence-corrected chi connectivity index (χ3v) is 3.35. The number of nitrogens with one attached hydrogen (secondary N) is 2. The number of aryl methyl sites for hydroxylation is 1. The monoisotopic (exact) mass is 247 g/mol. The minimum absolute atomic E-state index is 0.209. The number of hydrogen-bond donors (Lipinski definition) is 2. The van der Waals surface area contributed by atoms with Crippen LogP contribution in [0.1, 0.15) is 25.0 Å². The number of amides is 1. The Morgan fingerprint density at radius 3 is 2.94 bits per heavy atom. The number of hydrogen-bond acceptors (Lipinski definition) is 3. The maximum atomic E-state index is 11.9. The zero-order valence-electron chi connectivity index (χ0n) is 10.7. The summed E-state index contributed by atoms with van der Waals surface area (Å²) in [6.07, 6.45) is 5.61. The highest BCUT2D eigenvalue weighted by atomic mass is 16.1. The van der Waals surface area contributed by atoms with Gasteiger partial charge in [-0.05, 0) is 50.9 Å². The Hall–Kier alpha value is -1.42. The molecule has 4 heteroatoms. The molecule has 0 atom stereocenters. The maximum absolute atomic E-state index is 11.9. The number of aromatic nitrogens is 1. The van der Waals surface area contributed by atoms with Crippen molar-refractivity contribution in [3.05, 3.63) is 30.1 Å². The summed E-state index contributed by atoms with van der Waals surface area (Å²) in [5.74, 6) is 0.429. The molecule has 2 rings (SSSR count). The lowest BCUT2D eigenvalue weighted by molar-refractivity contribution is -0.125. The Labute approximate surface area is 108 Å². The lowest BCUT2D eigenvalue weighted by Crippen LogP contribution is -2.38. The highest BCUT2D eigenvalue weighted by Gasteiger charge is 2.19. The van der Waals surface area contributed by atoms with E-state index < -0.39 is 0 Å². The van der Waals surface area contributed by atoms with Crippen molar-refractivity contribution in [3.8, 4) is 0 Å². The second kappa shape index (κ2) is 7.11. The Kier molecular flexibility index (Phi) is 5.15. The van der Waals surface area contributed by atoms with E-state index in [1.807, 2.05) is 24.4 Å². The van der Waals surface area contributed by atoms with Gasteiger partial charge in [-0.2, -0.15) is 0 Å². The van der Waals surface area contributed by atoms with Gasteiger partial charge in [-0.25, -0.2) is 0 Å². The molecule has 1 saturated heterocycles. The molecule has 2 heterocycles. The summed E-state index contributed by atoms with van der Waals surface area (Å²) in [6.45, 7) is 2.68. The summed E-state index contributed by atoms with van der Waals surface area (Å²) in [6, 6.07) is 5.94. The van der Waals surface area contributed by atoms with Crippen molar-refractivity contribution in [2.45, 2.75) is 25.7 Å². The van der Waals surface area contributed by atoms with Crippen molar-refractivity contribution >= 4 is 5.91 Å². The van der Waals surface area contributed by atoms with Crippen molar-refractivity contribution in [2.75, 3.05) is 19.6 Å². The van der Waals surface area contributed by atoms with Gasteiger partial charge in [0.05, 0.1) is 0 Å². The zero-order valence-corrected chi connectivity index (χ0v) is 10.7. The summed E-state index contributed by atoms with van der Waals surface area (Å²) in [7, 11) is 0. The topological polar surface area (TPSA) is 54.0 Å². The van der Waals surface area contributed by atoms with Gasteiger partial charge in [0.2, 0.25) is 5.91 Å². The van der Waals surface area contributed by atoms with E-state index in [0.29, 0.717) is 0 Å². The van der Waals surface area contributed by atoms with E-state index >= 15 is 0 Å². The SMILES string of the molecule is O=C(NCCCc1ccccn1)C1CCNCC1. The van der Waals surface area contributed by atoms with E-state index in [2.05, 4.69) is 15.6 Å². The molecule has 0 bridgehead atoms. The fraction of sp³-hybridized carbons (Fsp3) is 0.571. The highest BCUT2D eigenvalue weighted by Crippen LogP contribution is 2.11. The lowest BCUT2D eigenvalue weighted by atomic mass is 9.97. The van der Waals surface area contributed by atoms with Crippen LogP contribution in [0.4, 0.5) is 0 Å². The van der Waals surface area contributed by atoms with Crippen LogP contribution in [0, 0.1) is 5.92 Å². The largest absolute Gasteiger partial charge is 0.356 e. The quantitative estimate of drug-likeness (QED) is 0.767. The zero-order chi connectivity index (χ0) is 12.6. The molecular formula is C14H21N3O. The molecule has 18 heavy (non-hydrogen) atoms. The fourth-order valence-electron chi connectivity index (χ4n) is 2.26. The van der Waals surface area contributed by atoms with E-state index in [9.17, 15) is 4.79 Å². The molecule has 0 aliphatic carbocycles. The first-order chi connectivity index (χ1) is 8.86. The van der Waals surface area contributed by atoms with Crippen molar-refractivity contribution < 1.29 is 4.79 Å². The van der Waals surface area contributed by atoms with Crippen molar-refractivity contribution in [2.24, 2.45) is 5.92 Å². The molecule has 1 aliphatic heterocycles. The van der Waals surface area contributed by atoms with Gasteiger partial charge in [0.25, 0.3) is 0 Å². The van der Waals surface area contributed by atoms with E-state index in [1.54, 1.807) is 0 Å². The van der Waals surface area contributed by atoms with Crippen LogP contribution in [-0.4, -0.2) is 30.5 Å². The van der Waals surface area contributed by atoms with Crippen molar-refractivity contribution in [3.63, 3.8) is 0 Å². The predicted octanol–water partition coefficient (Wildman–Crippen LogP) is 1.13. The van der Waals surface area contributed by atoms with Crippen LogP contribution in [0.2, 0.25) is 0 Å². The van der Waals surface area contributed by atoms with Crippen LogP contribution >= 0.6 is 0 Å². The minimum Gasteiger partial charge on any atom is -0.356 e. The van der Waals surface area contributed by atoms with E-state index in [4.69, 9.17) is 0 Å². The normalized spacial score (nSPS) is 16.4. The van der Waals surface area contributed by atoms with E-state index in [0.717, 1.165) is 51.0 Å². The molecule has 1 aliphatic rings. The van der Waals surface area contributed by atoms with Crippen LogP contribution in [0.25, 0.3) is 0 Å². The molecule has 0 aromatic carbocycles. The second-order valence-electron chi connectivity index (χ2n) is 4.74. The van der Waals surface area contributed by atoms with Gasteiger partial charge in [0.15, 0.2) is 0 Å². The van der Waals surface area contributed by atoms with Crippen LogP contribution in [0.15, 0.2) is 24.4 Å². The average molecular weight is 247 g/mol. The smallest absolute Gasteiger partial charge is 0.223 e. The molecule has 4 nitrogen and oxygen atoms in total. The third-order valence-electron chi connectivity index (χ3n) is 3.35. The number of carbonyl (C=O) groups excluding carboxylic acids is 1. The number of rotatable bonds is 5. The number of carbonyl (C=O) groups is 1. The molecule has 0 radical (unpaired) electrons. The molecule has 0 unspecified atom stereocenters. The van der Waals surface area contributed by atoms with Gasteiger partial charge in [0.1, 0.15) is 0 Å². The van der Waals surface area contributed by atoms with Crippen molar-refractivity contribution in [1.29, 1.82) is 0 Å². The van der Waals surface area contributed by atoms with Gasteiger partial charge in [-0.1, -0.05) is 6.07 Å². The third kappa shape index (κ3) is 4.11. The number of pyridine rings is 1. The summed E-state index contributed by atoms with van der Waals surface area (Å²) >= 11 is 0. The Morgan fingerprint density at radius 1 is 1.39 bits per heavy atom. The molecule has 98 valence electrons. The van der Waals surface area contributed by atoms with E-state index in [1.165, 1.54) is 0 Å². The standard InChI is InChI=1S/C14H21N3O/c18-14(12-6-10-15-11-7-12)17-9-3-5-13-4-1-2-8-16-13/h1-2,4,8,12,15H,3,5-7,9-11H2,(H,17,18). The van der Waals surface area contributed by atoms with Gasteiger partial charge in [-0.15, -0.1) is 0 Å². The van der Waals surface area contributed by atoms with Gasteiger partial charge >= 0.3 is 0 Å². The van der Waals surface area contributed by atoms with Crippen molar-refractivity contribution in [1.82, 2.24) is 15.6 Å². The van der Waals surface area contributed by atoms with Crippen LogP contribution in [-0.2, 0) is 11.2 Å². The number of nitrogens with zero attached hydrogens (tertiary/aromatic N) is 1. The predicted molar refractivity (Wildman–Crippen MR) is 71.2 cm³/mol. The fourth-order valence-corrected chi connectivity index (χ4v) is 2.26. The van der Waals surface area contributed by atoms with E-state index in [-0.39, 0.29) is 11.8 Å². The summed E-state index contributed by atoms with van der Waals surface area (Å²) in [5, 5.41) is 6.30. The first-order valence-corrected chi connectivity index (χ1v) is 6.74. The molecule has 1 fully saturated rings. The highest BCUT2D eigenvalue weighted by molar-refractivity contribution is 5.78. The molecule has 1 amide bonds. The number of piperidine rings is 1. The van der Waals surface area contributed by atoms with Crippen LogP contribution in [0.5, 0.6) is 0 Å². The second-order valence-corrected chi connectivity index (χ2v) is 4.74.